The van der Waals surface area contributed by atoms with Crippen molar-refractivity contribution in [1.82, 2.24) is 10.3 Å². The van der Waals surface area contributed by atoms with E-state index in [0.717, 1.165) is 31.0 Å². The fraction of sp³-hybridized carbons (Fsp3) is 0.667. The van der Waals surface area contributed by atoms with E-state index in [4.69, 9.17) is 16.3 Å². The van der Waals surface area contributed by atoms with Crippen molar-refractivity contribution in [2.24, 2.45) is 5.92 Å². The summed E-state index contributed by atoms with van der Waals surface area (Å²) in [4.78, 5) is 4.44. The Balaban J connectivity index is 2.43. The second-order valence-corrected chi connectivity index (χ2v) is 5.55. The molecule has 0 saturated heterocycles. The van der Waals surface area contributed by atoms with E-state index in [1.54, 1.807) is 0 Å². The summed E-state index contributed by atoms with van der Waals surface area (Å²) in [5, 5.41) is 3.99. The summed E-state index contributed by atoms with van der Waals surface area (Å²) in [7, 11) is 0. The summed E-state index contributed by atoms with van der Waals surface area (Å²) in [6.07, 6.45) is 3.34. The molecule has 4 heteroatoms. The van der Waals surface area contributed by atoms with Crippen LogP contribution in [0.25, 0.3) is 0 Å². The van der Waals surface area contributed by atoms with E-state index in [0.29, 0.717) is 24.1 Å². The van der Waals surface area contributed by atoms with Gasteiger partial charge >= 0.3 is 0 Å². The number of rotatable bonds is 9. The zero-order valence-electron chi connectivity index (χ0n) is 12.2. The van der Waals surface area contributed by atoms with Gasteiger partial charge in [-0.2, -0.15) is 0 Å². The molecule has 0 aliphatic heterocycles. The highest BCUT2D eigenvalue weighted by molar-refractivity contribution is 6.31. The summed E-state index contributed by atoms with van der Waals surface area (Å²) >= 11 is 6.12. The van der Waals surface area contributed by atoms with E-state index in [9.17, 15) is 0 Å². The first-order chi connectivity index (χ1) is 9.13. The number of nitrogens with zero attached hydrogens (tertiary/aromatic N) is 1. The molecule has 1 aromatic rings. The van der Waals surface area contributed by atoms with Gasteiger partial charge in [-0.25, -0.2) is 4.98 Å². The van der Waals surface area contributed by atoms with Crippen LogP contribution < -0.4 is 10.1 Å². The van der Waals surface area contributed by atoms with Crippen LogP contribution in [0.1, 0.15) is 45.7 Å². The van der Waals surface area contributed by atoms with Gasteiger partial charge in [0.15, 0.2) is 0 Å². The minimum Gasteiger partial charge on any atom is -0.478 e. The zero-order chi connectivity index (χ0) is 14.1. The first-order valence-corrected chi connectivity index (χ1v) is 7.50. The molecule has 1 N–H and O–H groups in total. The number of aromatic nitrogens is 1. The van der Waals surface area contributed by atoms with Gasteiger partial charge in [0.2, 0.25) is 5.88 Å². The molecule has 0 atom stereocenters. The van der Waals surface area contributed by atoms with Gasteiger partial charge in [-0.1, -0.05) is 32.4 Å². The van der Waals surface area contributed by atoms with Gasteiger partial charge in [0.25, 0.3) is 0 Å². The number of pyridine rings is 1. The Morgan fingerprint density at radius 3 is 2.84 bits per heavy atom. The molecule has 0 saturated carbocycles. The number of nitrogens with one attached hydrogen (secondary N) is 1. The van der Waals surface area contributed by atoms with Crippen molar-refractivity contribution in [1.29, 1.82) is 0 Å². The quantitative estimate of drug-likeness (QED) is 0.695. The van der Waals surface area contributed by atoms with Crippen molar-refractivity contribution in [3.05, 3.63) is 22.8 Å². The molecule has 1 heterocycles. The minimum absolute atomic E-state index is 0.668. The van der Waals surface area contributed by atoms with Gasteiger partial charge in [0.1, 0.15) is 0 Å². The van der Waals surface area contributed by atoms with Crippen molar-refractivity contribution in [2.45, 2.75) is 46.6 Å². The Labute approximate surface area is 121 Å². The van der Waals surface area contributed by atoms with Crippen LogP contribution >= 0.6 is 11.6 Å². The highest BCUT2D eigenvalue weighted by Gasteiger charge is 2.04. The van der Waals surface area contributed by atoms with Crippen molar-refractivity contribution in [3.8, 4) is 5.88 Å². The summed E-state index contributed by atoms with van der Waals surface area (Å²) in [6, 6.07) is 3.69. The van der Waals surface area contributed by atoms with E-state index in [1.807, 2.05) is 12.1 Å². The van der Waals surface area contributed by atoms with Crippen LogP contribution in [-0.2, 0) is 6.54 Å². The van der Waals surface area contributed by atoms with Gasteiger partial charge in [-0.05, 0) is 37.8 Å². The molecule has 0 spiro atoms. The monoisotopic (exact) mass is 284 g/mol. The molecule has 0 fully saturated rings. The van der Waals surface area contributed by atoms with E-state index in [1.165, 1.54) is 6.42 Å². The van der Waals surface area contributed by atoms with Crippen molar-refractivity contribution in [3.63, 3.8) is 0 Å². The standard InChI is InChI=1S/C15H25ClN2O/c1-4-9-17-11-14-13(16)7-8-15(18-14)19-10-5-6-12(2)3/h7-8,12,17H,4-6,9-11H2,1-3H3. The molecule has 19 heavy (non-hydrogen) atoms. The zero-order valence-corrected chi connectivity index (χ0v) is 13.0. The van der Waals surface area contributed by atoms with E-state index in [-0.39, 0.29) is 0 Å². The van der Waals surface area contributed by atoms with Crippen LogP contribution in [0.2, 0.25) is 5.02 Å². The summed E-state index contributed by atoms with van der Waals surface area (Å²) < 4.78 is 5.66. The highest BCUT2D eigenvalue weighted by Crippen LogP contribution is 2.18. The lowest BCUT2D eigenvalue weighted by atomic mass is 10.1. The second-order valence-electron chi connectivity index (χ2n) is 5.14. The lowest BCUT2D eigenvalue weighted by molar-refractivity contribution is 0.286. The third kappa shape index (κ3) is 6.79. The molecule has 0 aliphatic carbocycles. The largest absolute Gasteiger partial charge is 0.478 e. The average molecular weight is 285 g/mol. The number of ether oxygens (including phenoxy) is 1. The van der Waals surface area contributed by atoms with Gasteiger partial charge in [0.05, 0.1) is 17.3 Å². The van der Waals surface area contributed by atoms with Crippen LogP contribution in [0.15, 0.2) is 12.1 Å². The maximum Gasteiger partial charge on any atom is 0.213 e. The van der Waals surface area contributed by atoms with Crippen LogP contribution in [0, 0.1) is 5.92 Å². The summed E-state index contributed by atoms with van der Waals surface area (Å²) in [5.74, 6) is 1.39. The highest BCUT2D eigenvalue weighted by atomic mass is 35.5. The van der Waals surface area contributed by atoms with Crippen molar-refractivity contribution < 1.29 is 4.74 Å². The smallest absolute Gasteiger partial charge is 0.213 e. The first kappa shape index (κ1) is 16.3. The fourth-order valence-electron chi connectivity index (χ4n) is 1.72. The molecule has 0 unspecified atom stereocenters. The van der Waals surface area contributed by atoms with Gasteiger partial charge in [-0.15, -0.1) is 0 Å². The lowest BCUT2D eigenvalue weighted by Crippen LogP contribution is -2.15. The maximum absolute atomic E-state index is 6.12. The van der Waals surface area contributed by atoms with Crippen molar-refractivity contribution in [2.75, 3.05) is 13.2 Å². The molecule has 1 aromatic heterocycles. The first-order valence-electron chi connectivity index (χ1n) is 7.12. The molecule has 0 bridgehead atoms. The van der Waals surface area contributed by atoms with Crippen LogP contribution in [-0.4, -0.2) is 18.1 Å². The van der Waals surface area contributed by atoms with Crippen LogP contribution in [0.4, 0.5) is 0 Å². The summed E-state index contributed by atoms with van der Waals surface area (Å²) in [6.45, 7) is 8.95. The van der Waals surface area contributed by atoms with Crippen LogP contribution in [0.5, 0.6) is 5.88 Å². The Morgan fingerprint density at radius 1 is 1.37 bits per heavy atom. The van der Waals surface area contributed by atoms with Crippen molar-refractivity contribution >= 4 is 11.6 Å². The number of halogens is 1. The maximum atomic E-state index is 6.12. The SMILES string of the molecule is CCCNCc1nc(OCCCC(C)C)ccc1Cl. The molecular weight excluding hydrogens is 260 g/mol. The van der Waals surface area contributed by atoms with Gasteiger partial charge in [-0.3, -0.25) is 0 Å². The molecular formula is C15H25ClN2O. The van der Waals surface area contributed by atoms with E-state index >= 15 is 0 Å². The molecule has 3 nitrogen and oxygen atoms in total. The van der Waals surface area contributed by atoms with E-state index in [2.05, 4.69) is 31.1 Å². The average Bonchev–Trinajstić information content (AvgIpc) is 2.38. The van der Waals surface area contributed by atoms with Gasteiger partial charge < -0.3 is 10.1 Å². The Morgan fingerprint density at radius 2 is 2.16 bits per heavy atom. The lowest BCUT2D eigenvalue weighted by Gasteiger charge is -2.10. The Bertz CT molecular complexity index is 369. The normalized spacial score (nSPS) is 11.0. The molecule has 0 aromatic carbocycles. The molecule has 0 aliphatic rings. The fourth-order valence-corrected chi connectivity index (χ4v) is 1.89. The third-order valence-electron chi connectivity index (χ3n) is 2.79. The number of hydrogen-bond donors (Lipinski definition) is 1. The predicted molar refractivity (Wildman–Crippen MR) is 80.8 cm³/mol. The molecule has 0 amide bonds. The van der Waals surface area contributed by atoms with E-state index < -0.39 is 0 Å². The second kappa shape index (κ2) is 9.16. The predicted octanol–water partition coefficient (Wildman–Crippen LogP) is 4.05. The molecule has 1 rings (SSSR count). The summed E-state index contributed by atoms with van der Waals surface area (Å²) in [5.41, 5.74) is 0.858. The third-order valence-corrected chi connectivity index (χ3v) is 3.13. The molecule has 108 valence electrons. The number of hydrogen-bond acceptors (Lipinski definition) is 3. The molecule has 0 radical (unpaired) electrons. The van der Waals surface area contributed by atoms with Crippen LogP contribution in [0.3, 0.4) is 0 Å². The van der Waals surface area contributed by atoms with Gasteiger partial charge in [0, 0.05) is 12.6 Å². The minimum atomic E-state index is 0.668. The Kier molecular flexibility index (Phi) is 7.84. The Hall–Kier alpha value is -0.800. The topological polar surface area (TPSA) is 34.2 Å².